The van der Waals surface area contributed by atoms with Gasteiger partial charge in [-0.25, -0.2) is 22.6 Å². The number of aliphatic carboxylic acids is 1. The van der Waals surface area contributed by atoms with Gasteiger partial charge >= 0.3 is 12.1 Å². The Kier molecular flexibility index (Phi) is 10.1. The highest BCUT2D eigenvalue weighted by Crippen LogP contribution is 2.32. The molecular formula is C26H30F4N4O4S2. The molecule has 3 aromatic rings. The van der Waals surface area contributed by atoms with Crippen LogP contribution >= 0.6 is 11.3 Å². The molecule has 2 heterocycles. The van der Waals surface area contributed by atoms with Crippen LogP contribution in [-0.2, 0) is 14.8 Å². The van der Waals surface area contributed by atoms with Gasteiger partial charge in [0.1, 0.15) is 10.7 Å². The number of likely N-dealkylation sites (tertiary alicyclic amines) is 1. The number of benzene rings is 2. The molecule has 1 aliphatic rings. The van der Waals surface area contributed by atoms with Crippen molar-refractivity contribution in [3.8, 4) is 0 Å². The predicted octanol–water partition coefficient (Wildman–Crippen LogP) is 5.69. The Morgan fingerprint density at radius 1 is 1.20 bits per heavy atom. The molecule has 0 amide bonds. The van der Waals surface area contributed by atoms with Gasteiger partial charge in [0, 0.05) is 43.3 Å². The van der Waals surface area contributed by atoms with Crippen molar-refractivity contribution in [2.75, 3.05) is 29.8 Å². The van der Waals surface area contributed by atoms with Crippen molar-refractivity contribution in [1.29, 1.82) is 0 Å². The van der Waals surface area contributed by atoms with E-state index in [-0.39, 0.29) is 16.8 Å². The molecular weight excluding hydrogens is 572 g/mol. The number of rotatable bonds is 7. The number of sulfonamides is 1. The molecule has 0 radical (unpaired) electrons. The van der Waals surface area contributed by atoms with E-state index < -0.39 is 28.0 Å². The van der Waals surface area contributed by atoms with Crippen molar-refractivity contribution in [2.24, 2.45) is 0 Å². The fraction of sp³-hybridized carbons (Fsp3) is 0.385. The van der Waals surface area contributed by atoms with Crippen molar-refractivity contribution < 1.29 is 35.9 Å². The molecule has 0 bridgehead atoms. The number of nitrogens with one attached hydrogen (secondary N) is 1. The highest BCUT2D eigenvalue weighted by Gasteiger charge is 2.38. The molecule has 1 fully saturated rings. The van der Waals surface area contributed by atoms with E-state index in [1.807, 2.05) is 20.0 Å². The van der Waals surface area contributed by atoms with E-state index in [0.717, 1.165) is 37.2 Å². The molecule has 1 aromatic heterocycles. The van der Waals surface area contributed by atoms with E-state index in [9.17, 15) is 26.0 Å². The summed E-state index contributed by atoms with van der Waals surface area (Å²) in [6.07, 6.45) is -3.17. The van der Waals surface area contributed by atoms with E-state index in [1.54, 1.807) is 5.38 Å². The minimum Gasteiger partial charge on any atom is -0.475 e. The number of carboxylic acid groups (broad SMARTS) is 1. The third-order valence-electron chi connectivity index (χ3n) is 6.71. The van der Waals surface area contributed by atoms with Gasteiger partial charge in [-0.2, -0.15) is 13.2 Å². The number of aromatic nitrogens is 1. The molecule has 0 spiro atoms. The van der Waals surface area contributed by atoms with Crippen LogP contribution < -0.4 is 9.62 Å². The Balaban J connectivity index is 0.000000559. The number of hydrogen-bond acceptors (Lipinski definition) is 7. The molecule has 0 saturated carbocycles. The summed E-state index contributed by atoms with van der Waals surface area (Å²) in [6, 6.07) is 13.8. The average molecular weight is 603 g/mol. The monoisotopic (exact) mass is 602 g/mol. The largest absolute Gasteiger partial charge is 0.490 e. The second-order valence-corrected chi connectivity index (χ2v) is 11.7. The summed E-state index contributed by atoms with van der Waals surface area (Å²) in [6.45, 7) is 5.96. The second kappa shape index (κ2) is 13.0. The standard InChI is InChI=1S/C24H29FN4O2S2.C2HF3O2/c1-17-13-23(33(30,31)27-24-15-32-16-26-24)21(25)14-22(17)28(3)20-9-11-29(12-10-20)18(2)19-7-5-4-6-8-19;3-2(4,5)1(6)7/h4-8,13-16,18,20,27H,9-12H2,1-3H3;(H,6,7). The average Bonchev–Trinajstić information content (AvgIpc) is 3.41. The van der Waals surface area contributed by atoms with Crippen LogP contribution in [-0.4, -0.2) is 61.7 Å². The molecule has 1 saturated heterocycles. The number of thiazole rings is 1. The van der Waals surface area contributed by atoms with Crippen molar-refractivity contribution in [3.05, 3.63) is 70.3 Å². The lowest BCUT2D eigenvalue weighted by Gasteiger charge is -2.40. The van der Waals surface area contributed by atoms with Crippen LogP contribution in [0.5, 0.6) is 0 Å². The lowest BCUT2D eigenvalue weighted by molar-refractivity contribution is -0.192. The Bertz CT molecular complexity index is 1380. The van der Waals surface area contributed by atoms with E-state index in [1.165, 1.54) is 34.5 Å². The van der Waals surface area contributed by atoms with E-state index in [4.69, 9.17) is 9.90 Å². The van der Waals surface area contributed by atoms with Crippen LogP contribution in [0.25, 0.3) is 0 Å². The zero-order valence-corrected chi connectivity index (χ0v) is 23.7. The Morgan fingerprint density at radius 3 is 2.33 bits per heavy atom. The van der Waals surface area contributed by atoms with Gasteiger partial charge < -0.3 is 10.0 Å². The molecule has 2 N–H and O–H groups in total. The number of carboxylic acids is 1. The maximum absolute atomic E-state index is 15.0. The first-order chi connectivity index (χ1) is 18.7. The highest BCUT2D eigenvalue weighted by atomic mass is 32.2. The first-order valence-corrected chi connectivity index (χ1v) is 14.7. The van der Waals surface area contributed by atoms with E-state index in [2.05, 4.69) is 50.7 Å². The van der Waals surface area contributed by atoms with Crippen LogP contribution in [0.2, 0.25) is 0 Å². The summed E-state index contributed by atoms with van der Waals surface area (Å²) in [7, 11) is -2.09. The molecule has 2 aromatic carbocycles. The molecule has 218 valence electrons. The minimum atomic E-state index is -5.08. The molecule has 0 aliphatic carbocycles. The number of nitrogens with zero attached hydrogens (tertiary/aromatic N) is 3. The number of alkyl halides is 3. The number of hydrogen-bond donors (Lipinski definition) is 2. The van der Waals surface area contributed by atoms with Gasteiger partial charge in [0.25, 0.3) is 10.0 Å². The quantitative estimate of drug-likeness (QED) is 0.335. The van der Waals surface area contributed by atoms with E-state index in [0.29, 0.717) is 6.04 Å². The number of piperidine rings is 1. The van der Waals surface area contributed by atoms with Crippen molar-refractivity contribution >= 4 is 38.8 Å². The van der Waals surface area contributed by atoms with Crippen molar-refractivity contribution in [2.45, 2.75) is 49.8 Å². The van der Waals surface area contributed by atoms with Gasteiger partial charge in [0.05, 0.1) is 5.51 Å². The third kappa shape index (κ3) is 7.92. The number of anilines is 2. The summed E-state index contributed by atoms with van der Waals surface area (Å²) < 4.78 is 74.4. The SMILES string of the molecule is Cc1cc(S(=O)(=O)Nc2cscn2)c(F)cc1N(C)C1CCN(C(C)c2ccccc2)CC1.O=C(O)C(F)(F)F. The Morgan fingerprint density at radius 2 is 1.80 bits per heavy atom. The lowest BCUT2D eigenvalue weighted by atomic mass is 9.98. The summed E-state index contributed by atoms with van der Waals surface area (Å²) >= 11 is 1.26. The number of halogens is 4. The normalized spacial score (nSPS) is 15.6. The fourth-order valence-electron chi connectivity index (χ4n) is 4.49. The van der Waals surface area contributed by atoms with Gasteiger partial charge in [0.2, 0.25) is 0 Å². The maximum Gasteiger partial charge on any atom is 0.490 e. The third-order valence-corrected chi connectivity index (χ3v) is 8.67. The van der Waals surface area contributed by atoms with Gasteiger partial charge in [-0.05, 0) is 49.9 Å². The molecule has 1 unspecified atom stereocenters. The van der Waals surface area contributed by atoms with Crippen LogP contribution in [0.4, 0.5) is 29.1 Å². The first-order valence-electron chi connectivity index (χ1n) is 12.2. The molecule has 40 heavy (non-hydrogen) atoms. The molecule has 1 atom stereocenters. The zero-order valence-electron chi connectivity index (χ0n) is 22.0. The van der Waals surface area contributed by atoms with Crippen molar-refractivity contribution in [3.63, 3.8) is 0 Å². The summed E-state index contributed by atoms with van der Waals surface area (Å²) in [4.78, 5) is 17.0. The second-order valence-electron chi connectivity index (χ2n) is 9.32. The number of carbonyl (C=O) groups is 1. The van der Waals surface area contributed by atoms with Crippen LogP contribution in [0.1, 0.15) is 36.9 Å². The van der Waals surface area contributed by atoms with Crippen LogP contribution in [0.3, 0.4) is 0 Å². The van der Waals surface area contributed by atoms with Gasteiger partial charge in [-0.3, -0.25) is 9.62 Å². The minimum absolute atomic E-state index is 0.190. The first kappa shape index (κ1) is 31.3. The summed E-state index contributed by atoms with van der Waals surface area (Å²) in [5.41, 5.74) is 4.27. The maximum atomic E-state index is 15.0. The molecule has 8 nitrogen and oxygen atoms in total. The summed E-state index contributed by atoms with van der Waals surface area (Å²) in [5.74, 6) is -3.33. The van der Waals surface area contributed by atoms with E-state index >= 15 is 0 Å². The van der Waals surface area contributed by atoms with Gasteiger partial charge in [-0.15, -0.1) is 11.3 Å². The Hall–Kier alpha value is -3.23. The van der Waals surface area contributed by atoms with Crippen LogP contribution in [0.15, 0.2) is 58.3 Å². The molecule has 14 heteroatoms. The van der Waals surface area contributed by atoms with Crippen molar-refractivity contribution in [1.82, 2.24) is 9.88 Å². The topological polar surface area (TPSA) is 103 Å². The highest BCUT2D eigenvalue weighted by molar-refractivity contribution is 7.92. The van der Waals surface area contributed by atoms with Gasteiger partial charge in [0.15, 0.2) is 5.82 Å². The zero-order chi connectivity index (χ0) is 29.7. The molecule has 1 aliphatic heterocycles. The number of aryl methyl sites for hydroxylation is 1. The predicted molar refractivity (Wildman–Crippen MR) is 146 cm³/mol. The molecule has 4 rings (SSSR count). The van der Waals surface area contributed by atoms with Gasteiger partial charge in [-0.1, -0.05) is 30.3 Å². The lowest BCUT2D eigenvalue weighted by Crippen LogP contribution is -2.44. The van der Waals surface area contributed by atoms with Crippen LogP contribution in [0, 0.1) is 12.7 Å². The Labute approximate surface area is 234 Å². The fourth-order valence-corrected chi connectivity index (χ4v) is 6.19. The summed E-state index contributed by atoms with van der Waals surface area (Å²) in [5, 5.41) is 8.69. The smallest absolute Gasteiger partial charge is 0.475 e.